The molecule has 1 aromatic heterocycles. The topological polar surface area (TPSA) is 90.9 Å². The van der Waals surface area contributed by atoms with Crippen LogP contribution in [-0.2, 0) is 11.3 Å². The monoisotopic (exact) mass is 380 g/mol. The number of hydrogen-bond donors (Lipinski definition) is 3. The SMILES string of the molecule is CCC12CC3CC(O)(C1)CC(C(=O)NCc1nc(-c4ccccc4)n[nH]1)(C3)C2. The minimum atomic E-state index is -0.653. The van der Waals surface area contributed by atoms with Crippen LogP contribution < -0.4 is 5.32 Å². The molecule has 0 radical (unpaired) electrons. The molecule has 1 aromatic carbocycles. The lowest BCUT2D eigenvalue weighted by Gasteiger charge is -2.64. The molecule has 6 rings (SSSR count). The third-order valence-corrected chi connectivity index (χ3v) is 7.37. The molecule has 2 aromatic rings. The number of rotatable bonds is 5. The Hall–Kier alpha value is -2.21. The Bertz CT molecular complexity index is 897. The van der Waals surface area contributed by atoms with Gasteiger partial charge in [0.15, 0.2) is 5.82 Å². The molecular formula is C22H28N4O2. The number of aromatic nitrogens is 3. The molecule has 6 nitrogen and oxygen atoms in total. The van der Waals surface area contributed by atoms with E-state index in [1.165, 1.54) is 6.42 Å². The number of carbonyl (C=O) groups is 1. The molecule has 4 aliphatic rings. The van der Waals surface area contributed by atoms with E-state index < -0.39 is 11.0 Å². The molecule has 1 amide bonds. The molecule has 3 N–H and O–H groups in total. The minimum absolute atomic E-state index is 0.0745. The van der Waals surface area contributed by atoms with Crippen LogP contribution in [0.4, 0.5) is 0 Å². The summed E-state index contributed by atoms with van der Waals surface area (Å²) in [5.41, 5.74) is 0.00832. The Morgan fingerprint density at radius 3 is 2.79 bits per heavy atom. The number of amides is 1. The van der Waals surface area contributed by atoms with Gasteiger partial charge in [0.1, 0.15) is 5.82 Å². The number of hydrogen-bond acceptors (Lipinski definition) is 4. The molecular weight excluding hydrogens is 352 g/mol. The average molecular weight is 380 g/mol. The minimum Gasteiger partial charge on any atom is -0.390 e. The van der Waals surface area contributed by atoms with Gasteiger partial charge in [-0.2, -0.15) is 5.10 Å². The predicted molar refractivity (Wildman–Crippen MR) is 105 cm³/mol. The van der Waals surface area contributed by atoms with E-state index >= 15 is 0 Å². The van der Waals surface area contributed by atoms with Gasteiger partial charge in [-0.1, -0.05) is 43.7 Å². The van der Waals surface area contributed by atoms with Gasteiger partial charge in [0.05, 0.1) is 17.6 Å². The van der Waals surface area contributed by atoms with Gasteiger partial charge in [-0.25, -0.2) is 4.98 Å². The number of benzene rings is 1. The second-order valence-corrected chi connectivity index (χ2v) is 9.52. The number of carbonyl (C=O) groups excluding carboxylic acids is 1. The van der Waals surface area contributed by atoms with Crippen LogP contribution in [0.25, 0.3) is 11.4 Å². The Morgan fingerprint density at radius 2 is 2.04 bits per heavy atom. The van der Waals surface area contributed by atoms with Crippen molar-refractivity contribution in [1.29, 1.82) is 0 Å². The van der Waals surface area contributed by atoms with E-state index in [1.807, 2.05) is 30.3 Å². The number of nitrogens with zero attached hydrogens (tertiary/aromatic N) is 2. The van der Waals surface area contributed by atoms with Gasteiger partial charge in [-0.05, 0) is 49.9 Å². The zero-order valence-corrected chi connectivity index (χ0v) is 16.4. The molecule has 4 atom stereocenters. The molecule has 4 fully saturated rings. The van der Waals surface area contributed by atoms with Crippen LogP contribution in [0.15, 0.2) is 30.3 Å². The van der Waals surface area contributed by atoms with Crippen molar-refractivity contribution in [3.8, 4) is 11.4 Å². The maximum atomic E-state index is 13.3. The summed E-state index contributed by atoms with van der Waals surface area (Å²) in [5.74, 6) is 1.84. The van der Waals surface area contributed by atoms with Crippen molar-refractivity contribution in [2.75, 3.05) is 0 Å². The summed E-state index contributed by atoms with van der Waals surface area (Å²) in [7, 11) is 0. The van der Waals surface area contributed by atoms with E-state index in [-0.39, 0.29) is 11.3 Å². The van der Waals surface area contributed by atoms with Gasteiger partial charge in [0.25, 0.3) is 0 Å². The zero-order chi connectivity index (χ0) is 19.4. The molecule has 0 saturated heterocycles. The van der Waals surface area contributed by atoms with Crippen molar-refractivity contribution in [3.63, 3.8) is 0 Å². The first-order chi connectivity index (χ1) is 13.4. The van der Waals surface area contributed by atoms with Crippen LogP contribution in [0.5, 0.6) is 0 Å². The first-order valence-corrected chi connectivity index (χ1v) is 10.4. The Labute approximate surface area is 165 Å². The summed E-state index contributed by atoms with van der Waals surface area (Å²) >= 11 is 0. The summed E-state index contributed by atoms with van der Waals surface area (Å²) < 4.78 is 0. The normalized spacial score (nSPS) is 35.9. The summed E-state index contributed by atoms with van der Waals surface area (Å²) in [6.07, 6.45) is 6.38. The fourth-order valence-electron chi connectivity index (χ4n) is 6.67. The van der Waals surface area contributed by atoms with Gasteiger partial charge < -0.3 is 10.4 Å². The number of aliphatic hydroxyl groups is 1. The van der Waals surface area contributed by atoms with E-state index in [2.05, 4.69) is 27.4 Å². The fourth-order valence-corrected chi connectivity index (χ4v) is 6.67. The van der Waals surface area contributed by atoms with E-state index in [0.29, 0.717) is 30.5 Å². The fraction of sp³-hybridized carbons (Fsp3) is 0.591. The van der Waals surface area contributed by atoms with Crippen molar-refractivity contribution >= 4 is 5.91 Å². The van der Waals surface area contributed by atoms with Gasteiger partial charge in [-0.3, -0.25) is 9.89 Å². The average Bonchev–Trinajstić information content (AvgIpc) is 3.14. The molecule has 4 bridgehead atoms. The number of nitrogens with one attached hydrogen (secondary N) is 2. The molecule has 4 unspecified atom stereocenters. The van der Waals surface area contributed by atoms with E-state index in [0.717, 1.165) is 37.7 Å². The molecule has 6 heteroatoms. The number of H-pyrrole nitrogens is 1. The summed E-state index contributed by atoms with van der Waals surface area (Å²) in [6.45, 7) is 2.55. The van der Waals surface area contributed by atoms with Crippen molar-refractivity contribution in [2.45, 2.75) is 64.0 Å². The molecule has 4 aliphatic carbocycles. The highest BCUT2D eigenvalue weighted by Gasteiger charge is 2.64. The van der Waals surface area contributed by atoms with E-state index in [9.17, 15) is 9.90 Å². The first kappa shape index (κ1) is 17.9. The lowest BCUT2D eigenvalue weighted by Crippen LogP contribution is -2.63. The Kier molecular flexibility index (Phi) is 3.92. The van der Waals surface area contributed by atoms with Gasteiger partial charge in [-0.15, -0.1) is 0 Å². The lowest BCUT2D eigenvalue weighted by atomic mass is 9.42. The smallest absolute Gasteiger partial charge is 0.226 e. The third-order valence-electron chi connectivity index (χ3n) is 7.37. The summed E-state index contributed by atoms with van der Waals surface area (Å²) in [4.78, 5) is 17.8. The first-order valence-electron chi connectivity index (χ1n) is 10.4. The van der Waals surface area contributed by atoms with Crippen LogP contribution >= 0.6 is 0 Å². The maximum Gasteiger partial charge on any atom is 0.226 e. The molecule has 0 aliphatic heterocycles. The van der Waals surface area contributed by atoms with Crippen LogP contribution in [0, 0.1) is 16.7 Å². The van der Waals surface area contributed by atoms with E-state index in [1.54, 1.807) is 0 Å². The lowest BCUT2D eigenvalue weighted by molar-refractivity contribution is -0.204. The van der Waals surface area contributed by atoms with Crippen molar-refractivity contribution in [1.82, 2.24) is 20.5 Å². The van der Waals surface area contributed by atoms with Crippen molar-refractivity contribution < 1.29 is 9.90 Å². The highest BCUT2D eigenvalue weighted by atomic mass is 16.3. The summed E-state index contributed by atoms with van der Waals surface area (Å²) in [5, 5.41) is 21.4. The highest BCUT2D eigenvalue weighted by Crippen LogP contribution is 2.67. The predicted octanol–water partition coefficient (Wildman–Crippen LogP) is 3.20. The highest BCUT2D eigenvalue weighted by molar-refractivity contribution is 5.83. The van der Waals surface area contributed by atoms with Crippen LogP contribution in [-0.4, -0.2) is 31.8 Å². The molecule has 0 spiro atoms. The molecule has 28 heavy (non-hydrogen) atoms. The van der Waals surface area contributed by atoms with Gasteiger partial charge in [0, 0.05) is 5.56 Å². The molecule has 1 heterocycles. The quantitative estimate of drug-likeness (QED) is 0.743. The molecule has 4 saturated carbocycles. The maximum absolute atomic E-state index is 13.3. The zero-order valence-electron chi connectivity index (χ0n) is 16.4. The molecule has 148 valence electrons. The van der Waals surface area contributed by atoms with Gasteiger partial charge in [0.2, 0.25) is 5.91 Å². The Balaban J connectivity index is 1.31. The second kappa shape index (κ2) is 6.14. The number of aromatic amines is 1. The van der Waals surface area contributed by atoms with Crippen molar-refractivity contribution in [2.24, 2.45) is 16.7 Å². The van der Waals surface area contributed by atoms with Crippen LogP contribution in [0.3, 0.4) is 0 Å². The van der Waals surface area contributed by atoms with Gasteiger partial charge >= 0.3 is 0 Å². The van der Waals surface area contributed by atoms with E-state index in [4.69, 9.17) is 0 Å². The standard InChI is InChI=1S/C22H28N4O2/c1-2-20-8-15-9-21(12-20,14-22(28,10-15)13-20)19(27)23-11-17-24-18(26-25-17)16-6-4-3-5-7-16/h3-7,15,28H,2,8-14H2,1H3,(H,23,27)(H,24,25,26). The second-order valence-electron chi connectivity index (χ2n) is 9.52. The van der Waals surface area contributed by atoms with Crippen LogP contribution in [0.2, 0.25) is 0 Å². The van der Waals surface area contributed by atoms with Crippen LogP contribution in [0.1, 0.15) is 57.7 Å². The Morgan fingerprint density at radius 1 is 1.21 bits per heavy atom. The largest absolute Gasteiger partial charge is 0.390 e. The van der Waals surface area contributed by atoms with Crippen molar-refractivity contribution in [3.05, 3.63) is 36.2 Å². The summed E-state index contributed by atoms with van der Waals surface area (Å²) in [6, 6.07) is 9.79. The third kappa shape index (κ3) is 2.85.